The van der Waals surface area contributed by atoms with Gasteiger partial charge in [-0.1, -0.05) is 30.4 Å². The Labute approximate surface area is 195 Å². The minimum atomic E-state index is -3.67. The second-order valence-corrected chi connectivity index (χ2v) is 12.3. The van der Waals surface area contributed by atoms with E-state index in [-0.39, 0.29) is 39.1 Å². The Balaban J connectivity index is 2.23. The molecule has 33 heavy (non-hydrogen) atoms. The van der Waals surface area contributed by atoms with E-state index < -0.39 is 31.6 Å². The van der Waals surface area contributed by atoms with Gasteiger partial charge in [0, 0.05) is 6.26 Å². The number of ether oxygens (including phenoxy) is 1. The normalized spacial score (nSPS) is 12.8. The number of nitrogens with zero attached hydrogens (tertiary/aromatic N) is 2. The van der Waals surface area contributed by atoms with Crippen LogP contribution in [0.4, 0.5) is 0 Å². The molecule has 12 heteroatoms. The molecule has 1 aromatic heterocycles. The lowest BCUT2D eigenvalue weighted by molar-refractivity contribution is -0.143. The molecular weight excluding hydrogens is 488 g/mol. The number of amides is 1. The van der Waals surface area contributed by atoms with Crippen molar-refractivity contribution in [1.29, 1.82) is 0 Å². The van der Waals surface area contributed by atoms with Crippen molar-refractivity contribution in [2.75, 3.05) is 18.6 Å². The molecule has 0 fully saturated rings. The highest BCUT2D eigenvalue weighted by atomic mass is 32.2. The van der Waals surface area contributed by atoms with Crippen LogP contribution < -0.4 is 4.80 Å². The number of benzene rings is 2. The molecule has 176 valence electrons. The van der Waals surface area contributed by atoms with Crippen molar-refractivity contribution in [3.8, 4) is 0 Å². The van der Waals surface area contributed by atoms with E-state index in [4.69, 9.17) is 4.74 Å². The molecule has 1 heterocycles. The van der Waals surface area contributed by atoms with Crippen LogP contribution in [-0.2, 0) is 35.8 Å². The summed E-state index contributed by atoms with van der Waals surface area (Å²) < 4.78 is 55.7. The van der Waals surface area contributed by atoms with Crippen LogP contribution in [0.2, 0.25) is 0 Å². The van der Waals surface area contributed by atoms with Crippen molar-refractivity contribution in [2.45, 2.75) is 30.2 Å². The van der Waals surface area contributed by atoms with Gasteiger partial charge in [-0.25, -0.2) is 16.8 Å². The molecule has 0 aliphatic carbocycles. The number of esters is 1. The van der Waals surface area contributed by atoms with E-state index in [1.165, 1.54) is 54.0 Å². The second kappa shape index (κ2) is 9.57. The van der Waals surface area contributed by atoms with Crippen LogP contribution in [0.25, 0.3) is 10.2 Å². The van der Waals surface area contributed by atoms with Gasteiger partial charge in [0.1, 0.15) is 6.54 Å². The maximum Gasteiger partial charge on any atom is 0.326 e. The summed E-state index contributed by atoms with van der Waals surface area (Å²) >= 11 is 1.01. The third-order valence-corrected chi connectivity index (χ3v) is 8.64. The lowest BCUT2D eigenvalue weighted by Crippen LogP contribution is -2.23. The fourth-order valence-corrected chi connectivity index (χ4v) is 5.95. The average Bonchev–Trinajstić information content (AvgIpc) is 3.09. The maximum absolute atomic E-state index is 13.0. The summed E-state index contributed by atoms with van der Waals surface area (Å²) in [6.07, 6.45) is 1.08. The van der Waals surface area contributed by atoms with Crippen LogP contribution in [0.3, 0.4) is 0 Å². The number of rotatable bonds is 7. The number of carbonyl (C=O) groups is 2. The van der Waals surface area contributed by atoms with Gasteiger partial charge in [0.2, 0.25) is 0 Å². The summed E-state index contributed by atoms with van der Waals surface area (Å²) in [5, 5.41) is 0. The quantitative estimate of drug-likeness (QED) is 0.446. The van der Waals surface area contributed by atoms with Crippen molar-refractivity contribution in [3.63, 3.8) is 0 Å². The summed E-state index contributed by atoms with van der Waals surface area (Å²) in [6, 6.07) is 10.1. The van der Waals surface area contributed by atoms with E-state index >= 15 is 0 Å². The Bertz CT molecular complexity index is 1510. The Morgan fingerprint density at radius 3 is 2.39 bits per heavy atom. The van der Waals surface area contributed by atoms with Crippen molar-refractivity contribution >= 4 is 53.1 Å². The molecule has 0 saturated heterocycles. The molecule has 0 radical (unpaired) electrons. The van der Waals surface area contributed by atoms with E-state index in [2.05, 4.69) is 4.99 Å². The van der Waals surface area contributed by atoms with Crippen molar-refractivity contribution in [2.24, 2.45) is 4.99 Å². The Morgan fingerprint density at radius 1 is 1.06 bits per heavy atom. The van der Waals surface area contributed by atoms with Crippen molar-refractivity contribution in [1.82, 2.24) is 4.57 Å². The topological polar surface area (TPSA) is 129 Å². The molecule has 0 spiro atoms. The van der Waals surface area contributed by atoms with Crippen molar-refractivity contribution < 1.29 is 31.2 Å². The number of aromatic nitrogens is 1. The SMILES string of the molecule is CCOC(=O)Cn1c(=NC(=O)c2ccccc2S(=O)(=O)CC)sc2cc(S(C)(=O)=O)ccc21. The van der Waals surface area contributed by atoms with Gasteiger partial charge in [0.25, 0.3) is 5.91 Å². The molecule has 2 aromatic carbocycles. The van der Waals surface area contributed by atoms with Crippen LogP contribution in [0, 0.1) is 0 Å². The second-order valence-electron chi connectivity index (χ2n) is 6.99. The van der Waals surface area contributed by atoms with Crippen molar-refractivity contribution in [3.05, 3.63) is 52.8 Å². The molecule has 0 bridgehead atoms. The first kappa shape index (κ1) is 24.8. The van der Waals surface area contributed by atoms with Crippen LogP contribution in [0.1, 0.15) is 24.2 Å². The maximum atomic E-state index is 13.0. The Hall–Kier alpha value is -2.83. The first-order valence-corrected chi connectivity index (χ1v) is 14.2. The van der Waals surface area contributed by atoms with Crippen LogP contribution in [0.5, 0.6) is 0 Å². The van der Waals surface area contributed by atoms with Gasteiger partial charge in [-0.15, -0.1) is 0 Å². The monoisotopic (exact) mass is 510 g/mol. The van der Waals surface area contributed by atoms with Gasteiger partial charge in [-0.3, -0.25) is 9.59 Å². The molecule has 9 nitrogen and oxygen atoms in total. The lowest BCUT2D eigenvalue weighted by atomic mass is 10.2. The highest BCUT2D eigenvalue weighted by Gasteiger charge is 2.21. The molecular formula is C21H22N2O7S3. The van der Waals surface area contributed by atoms with E-state index in [1.807, 2.05) is 0 Å². The number of hydrogen-bond acceptors (Lipinski definition) is 8. The van der Waals surface area contributed by atoms with Crippen LogP contribution >= 0.6 is 11.3 Å². The molecule has 3 rings (SSSR count). The highest BCUT2D eigenvalue weighted by molar-refractivity contribution is 7.91. The molecule has 3 aromatic rings. The largest absolute Gasteiger partial charge is 0.465 e. The van der Waals surface area contributed by atoms with E-state index in [0.29, 0.717) is 10.2 Å². The number of fused-ring (bicyclic) bond motifs is 1. The summed E-state index contributed by atoms with van der Waals surface area (Å²) in [6.45, 7) is 3.04. The molecule has 0 N–H and O–H groups in total. The van der Waals surface area contributed by atoms with Gasteiger partial charge in [0.15, 0.2) is 24.5 Å². The van der Waals surface area contributed by atoms with Gasteiger partial charge in [0.05, 0.1) is 37.9 Å². The molecule has 0 aliphatic heterocycles. The minimum absolute atomic E-state index is 0.0804. The zero-order valence-electron chi connectivity index (χ0n) is 18.1. The number of carbonyl (C=O) groups excluding carboxylic acids is 2. The molecule has 0 unspecified atom stereocenters. The zero-order valence-corrected chi connectivity index (χ0v) is 20.6. The Morgan fingerprint density at radius 2 is 1.76 bits per heavy atom. The van der Waals surface area contributed by atoms with Gasteiger partial charge >= 0.3 is 5.97 Å². The average molecular weight is 511 g/mol. The lowest BCUT2D eigenvalue weighted by Gasteiger charge is -2.07. The number of sulfone groups is 2. The smallest absolute Gasteiger partial charge is 0.326 e. The van der Waals surface area contributed by atoms with Gasteiger partial charge in [-0.05, 0) is 37.3 Å². The van der Waals surface area contributed by atoms with E-state index in [1.54, 1.807) is 6.92 Å². The molecule has 0 saturated carbocycles. The first-order chi connectivity index (χ1) is 15.5. The predicted octanol–water partition coefficient (Wildman–Crippen LogP) is 2.20. The zero-order chi connectivity index (χ0) is 24.4. The van der Waals surface area contributed by atoms with Crippen LogP contribution in [-0.4, -0.2) is 51.9 Å². The summed E-state index contributed by atoms with van der Waals surface area (Å²) in [4.78, 5) is 29.4. The highest BCUT2D eigenvalue weighted by Crippen LogP contribution is 2.23. The Kier molecular flexibility index (Phi) is 7.20. The minimum Gasteiger partial charge on any atom is -0.465 e. The van der Waals surface area contributed by atoms with E-state index in [0.717, 1.165) is 17.6 Å². The number of hydrogen-bond donors (Lipinski definition) is 0. The third kappa shape index (κ3) is 5.40. The third-order valence-electron chi connectivity index (χ3n) is 4.70. The standard InChI is InChI=1S/C21H22N2O7S3/c1-4-30-19(24)13-23-16-11-10-14(32(3,26)27)12-17(16)31-21(23)22-20(25)15-8-6-7-9-18(15)33(28,29)5-2/h6-12H,4-5,13H2,1-3H3. The summed E-state index contributed by atoms with van der Waals surface area (Å²) in [5.74, 6) is -1.54. The van der Waals surface area contributed by atoms with E-state index in [9.17, 15) is 26.4 Å². The fourth-order valence-electron chi connectivity index (χ4n) is 3.08. The summed E-state index contributed by atoms with van der Waals surface area (Å²) in [7, 11) is -7.15. The number of thiazole rings is 1. The first-order valence-electron chi connectivity index (χ1n) is 9.87. The van der Waals surface area contributed by atoms with Gasteiger partial charge < -0.3 is 9.30 Å². The van der Waals surface area contributed by atoms with Crippen LogP contribution in [0.15, 0.2) is 57.2 Å². The fraction of sp³-hybridized carbons (Fsp3) is 0.286. The summed E-state index contributed by atoms with van der Waals surface area (Å²) in [5.41, 5.74) is 0.401. The van der Waals surface area contributed by atoms with Gasteiger partial charge in [-0.2, -0.15) is 4.99 Å². The molecule has 0 aliphatic rings. The molecule has 0 atom stereocenters. The predicted molar refractivity (Wildman–Crippen MR) is 124 cm³/mol. The molecule has 1 amide bonds.